The first kappa shape index (κ1) is 27.8. The summed E-state index contributed by atoms with van der Waals surface area (Å²) in [5.41, 5.74) is 3.04. The van der Waals surface area contributed by atoms with Crippen molar-refractivity contribution >= 4 is 34.0 Å². The van der Waals surface area contributed by atoms with Gasteiger partial charge in [0.1, 0.15) is 17.0 Å². The molecule has 13 heteroatoms. The van der Waals surface area contributed by atoms with E-state index in [4.69, 9.17) is 10.5 Å². The lowest BCUT2D eigenvalue weighted by molar-refractivity contribution is -0.138. The molecule has 1 aliphatic rings. The number of amides is 2. The van der Waals surface area contributed by atoms with Gasteiger partial charge in [-0.1, -0.05) is 22.5 Å². The second-order valence-electron chi connectivity index (χ2n) is 8.09. The summed E-state index contributed by atoms with van der Waals surface area (Å²) in [5, 5.41) is 5.20. The zero-order valence-electron chi connectivity index (χ0n) is 19.4. The molecule has 1 aromatic heterocycles. The highest BCUT2D eigenvalue weighted by atomic mass is 79.9. The van der Waals surface area contributed by atoms with Crippen LogP contribution in [0, 0.1) is 5.82 Å². The van der Waals surface area contributed by atoms with E-state index in [-0.39, 0.29) is 21.5 Å². The molecule has 4 N–H and O–H groups in total. The molecule has 1 aromatic carbocycles. The van der Waals surface area contributed by atoms with Gasteiger partial charge in [-0.2, -0.15) is 13.2 Å². The lowest BCUT2D eigenvalue weighted by Gasteiger charge is -2.21. The summed E-state index contributed by atoms with van der Waals surface area (Å²) in [6.45, 7) is 4.87. The first-order chi connectivity index (χ1) is 17.4. The van der Waals surface area contributed by atoms with Gasteiger partial charge >= 0.3 is 6.18 Å². The second-order valence-corrected chi connectivity index (χ2v) is 9.01. The maximum Gasteiger partial charge on any atom is 0.420 e. The molecule has 0 spiro atoms. The number of hydrogen-bond donors (Lipinski definition) is 3. The Kier molecular flexibility index (Phi) is 8.36. The Morgan fingerprint density at radius 2 is 2.03 bits per heavy atom. The lowest BCUT2D eigenvalue weighted by Crippen LogP contribution is -2.50. The van der Waals surface area contributed by atoms with E-state index in [1.807, 2.05) is 0 Å². The van der Waals surface area contributed by atoms with Crippen molar-refractivity contribution in [1.82, 2.24) is 15.6 Å². The molecule has 8 nitrogen and oxygen atoms in total. The molecule has 0 aliphatic heterocycles. The van der Waals surface area contributed by atoms with Crippen LogP contribution in [0.2, 0.25) is 0 Å². The third-order valence-electron chi connectivity index (χ3n) is 5.38. The Hall–Kier alpha value is -3.74. The van der Waals surface area contributed by atoms with Crippen LogP contribution in [0.15, 0.2) is 64.5 Å². The molecule has 0 radical (unpaired) electrons. The zero-order valence-corrected chi connectivity index (χ0v) is 21.0. The van der Waals surface area contributed by atoms with Gasteiger partial charge in [0, 0.05) is 29.2 Å². The van der Waals surface area contributed by atoms with Gasteiger partial charge in [0.2, 0.25) is 5.91 Å². The average molecular weight is 584 g/mol. The number of aliphatic imine (C=N–C) groups is 1. The third kappa shape index (κ3) is 6.73. The number of benzene rings is 1. The van der Waals surface area contributed by atoms with Crippen molar-refractivity contribution in [3.05, 3.63) is 76.6 Å². The van der Waals surface area contributed by atoms with Crippen LogP contribution in [0.5, 0.6) is 11.5 Å². The molecule has 196 valence electrons. The van der Waals surface area contributed by atoms with Crippen molar-refractivity contribution in [2.45, 2.75) is 37.5 Å². The van der Waals surface area contributed by atoms with E-state index in [1.54, 1.807) is 0 Å². The molecule has 1 unspecified atom stereocenters. The smallest absolute Gasteiger partial charge is 0.420 e. The number of pyridine rings is 1. The van der Waals surface area contributed by atoms with Crippen molar-refractivity contribution < 1.29 is 31.9 Å². The topological polar surface area (TPSA) is 119 Å². The largest absolute Gasteiger partial charge is 0.455 e. The van der Waals surface area contributed by atoms with Crippen molar-refractivity contribution in [2.75, 3.05) is 0 Å². The van der Waals surface area contributed by atoms with Crippen LogP contribution in [0.3, 0.4) is 0 Å². The predicted molar refractivity (Wildman–Crippen MR) is 131 cm³/mol. The number of aromatic nitrogens is 1. The Bertz CT molecular complexity index is 1280. The summed E-state index contributed by atoms with van der Waals surface area (Å²) < 4.78 is 60.2. The van der Waals surface area contributed by atoms with E-state index in [0.29, 0.717) is 12.8 Å². The quantitative estimate of drug-likeness (QED) is 0.225. The zero-order chi connectivity index (χ0) is 27.4. The Labute approximate surface area is 217 Å². The first-order valence-electron chi connectivity index (χ1n) is 10.8. The molecule has 1 aliphatic carbocycles. The van der Waals surface area contributed by atoms with Crippen molar-refractivity contribution in [1.29, 1.82) is 0 Å². The molecule has 0 saturated heterocycles. The molecule has 1 atom stereocenters. The molecular weight excluding hydrogens is 562 g/mol. The SMILES string of the molecule is C=C/N=C\C(=C/N)C(=O)NC1(C(=O)NC(C)c2ncc(Oc3ccc(Br)cc3C(F)(F)F)cc2F)CC1. The Balaban J connectivity index is 1.70. The molecule has 2 amide bonds. The van der Waals surface area contributed by atoms with Crippen LogP contribution in [0.1, 0.15) is 37.1 Å². The monoisotopic (exact) mass is 583 g/mol. The number of hydrogen-bond acceptors (Lipinski definition) is 6. The number of carbonyl (C=O) groups is 2. The molecule has 3 rings (SSSR count). The van der Waals surface area contributed by atoms with Gasteiger partial charge in [0.15, 0.2) is 5.82 Å². The molecule has 1 saturated carbocycles. The number of nitrogens with zero attached hydrogens (tertiary/aromatic N) is 2. The van der Waals surface area contributed by atoms with Crippen molar-refractivity contribution in [3.8, 4) is 11.5 Å². The minimum Gasteiger partial charge on any atom is -0.455 e. The fourth-order valence-electron chi connectivity index (χ4n) is 3.28. The van der Waals surface area contributed by atoms with Crippen LogP contribution in [-0.2, 0) is 15.8 Å². The number of alkyl halides is 3. The van der Waals surface area contributed by atoms with E-state index in [1.165, 1.54) is 25.4 Å². The fourth-order valence-corrected chi connectivity index (χ4v) is 3.64. The predicted octanol–water partition coefficient (Wildman–Crippen LogP) is 4.68. The summed E-state index contributed by atoms with van der Waals surface area (Å²) in [6, 6.07) is 3.24. The molecule has 37 heavy (non-hydrogen) atoms. The van der Waals surface area contributed by atoms with Crippen molar-refractivity contribution in [2.24, 2.45) is 10.7 Å². The third-order valence-corrected chi connectivity index (χ3v) is 5.87. The second kappa shape index (κ2) is 11.1. The normalized spacial score (nSPS) is 15.7. The molecular formula is C24H22BrF4N5O3. The highest BCUT2D eigenvalue weighted by Crippen LogP contribution is 2.40. The highest BCUT2D eigenvalue weighted by Gasteiger charge is 2.51. The van der Waals surface area contributed by atoms with E-state index in [2.05, 4.69) is 43.1 Å². The summed E-state index contributed by atoms with van der Waals surface area (Å²) in [5.74, 6) is -2.87. The van der Waals surface area contributed by atoms with Crippen LogP contribution < -0.4 is 21.1 Å². The lowest BCUT2D eigenvalue weighted by atomic mass is 10.1. The summed E-state index contributed by atoms with van der Waals surface area (Å²) >= 11 is 2.98. The van der Waals surface area contributed by atoms with Crippen LogP contribution in [0.4, 0.5) is 17.6 Å². The molecule has 2 aromatic rings. The summed E-state index contributed by atoms with van der Waals surface area (Å²) in [6.07, 6.45) is 0.494. The van der Waals surface area contributed by atoms with Gasteiger partial charge in [0.25, 0.3) is 5.91 Å². The van der Waals surface area contributed by atoms with Gasteiger partial charge < -0.3 is 21.1 Å². The maximum absolute atomic E-state index is 14.8. The van der Waals surface area contributed by atoms with Crippen LogP contribution in [0.25, 0.3) is 0 Å². The summed E-state index contributed by atoms with van der Waals surface area (Å²) in [4.78, 5) is 32.9. The van der Waals surface area contributed by atoms with E-state index < -0.39 is 46.7 Å². The van der Waals surface area contributed by atoms with E-state index in [9.17, 15) is 27.2 Å². The van der Waals surface area contributed by atoms with Gasteiger partial charge in [0.05, 0.1) is 29.1 Å². The summed E-state index contributed by atoms with van der Waals surface area (Å²) in [7, 11) is 0. The van der Waals surface area contributed by atoms with E-state index in [0.717, 1.165) is 30.6 Å². The van der Waals surface area contributed by atoms with Gasteiger partial charge in [-0.15, -0.1) is 0 Å². The van der Waals surface area contributed by atoms with Gasteiger partial charge in [-0.25, -0.2) is 4.39 Å². The fraction of sp³-hybridized carbons (Fsp3) is 0.250. The Morgan fingerprint density at radius 1 is 1.32 bits per heavy atom. The number of halogens is 5. The van der Waals surface area contributed by atoms with Gasteiger partial charge in [-0.05, 0) is 38.0 Å². The molecule has 1 fully saturated rings. The van der Waals surface area contributed by atoms with Crippen LogP contribution >= 0.6 is 15.9 Å². The molecule has 1 heterocycles. The standard InChI is InChI=1S/C24H22BrF4N5O3/c1-3-31-11-14(10-30)21(35)34-23(6-7-23)22(36)33-13(2)20-18(26)9-16(12-32-20)37-19-5-4-15(25)8-17(19)24(27,28)29/h3-5,8-13H,1,6-7,30H2,2H3,(H,33,36)(H,34,35)/b14-10+,31-11-. The highest BCUT2D eigenvalue weighted by molar-refractivity contribution is 9.10. The van der Waals surface area contributed by atoms with E-state index >= 15 is 0 Å². The number of nitrogens with one attached hydrogen (secondary N) is 2. The Morgan fingerprint density at radius 3 is 2.59 bits per heavy atom. The average Bonchev–Trinajstić information content (AvgIpc) is 3.60. The first-order valence-corrected chi connectivity index (χ1v) is 11.6. The minimum absolute atomic E-state index is 0.0229. The van der Waals surface area contributed by atoms with Gasteiger partial charge in [-0.3, -0.25) is 19.6 Å². The minimum atomic E-state index is -4.70. The number of ether oxygens (including phenoxy) is 1. The van der Waals surface area contributed by atoms with Crippen molar-refractivity contribution in [3.63, 3.8) is 0 Å². The number of rotatable bonds is 9. The van der Waals surface area contributed by atoms with Crippen LogP contribution in [-0.4, -0.2) is 28.6 Å². The number of nitrogens with two attached hydrogens (primary N) is 1. The molecule has 0 bridgehead atoms. The number of carbonyl (C=O) groups excluding carboxylic acids is 2. The maximum atomic E-state index is 14.8.